The Hall–Kier alpha value is 0.670. The molecule has 0 spiro atoms. The van der Waals surface area contributed by atoms with Crippen LogP contribution in [0.5, 0.6) is 0 Å². The quantitative estimate of drug-likeness (QED) is 0.346. The number of aromatic nitrogens is 2. The van der Waals surface area contributed by atoms with Crippen LogP contribution in [0.2, 0.25) is 0 Å². The monoisotopic (exact) mass is 367 g/mol. The summed E-state index contributed by atoms with van der Waals surface area (Å²) >= 11 is 0. The van der Waals surface area contributed by atoms with Gasteiger partial charge >= 0.3 is 5.69 Å². The molecule has 0 saturated carbocycles. The van der Waals surface area contributed by atoms with Crippen molar-refractivity contribution < 1.29 is 33.8 Å². The van der Waals surface area contributed by atoms with E-state index >= 15 is 0 Å². The Labute approximate surface area is 174 Å². The van der Waals surface area contributed by atoms with E-state index < -0.39 is 44.7 Å². The molecule has 0 unspecified atom stereocenters. The molecular formula is C9H12N3Na2O8P-2. The summed E-state index contributed by atoms with van der Waals surface area (Å²) in [4.78, 5) is 35.8. The van der Waals surface area contributed by atoms with Crippen LogP contribution in [0.1, 0.15) is 6.23 Å². The average Bonchev–Trinajstić information content (AvgIpc) is 2.64. The van der Waals surface area contributed by atoms with Gasteiger partial charge in [0.05, 0.1) is 14.4 Å². The van der Waals surface area contributed by atoms with Gasteiger partial charge in [0.15, 0.2) is 6.23 Å². The molecule has 11 nitrogen and oxygen atoms in total. The first-order valence-electron chi connectivity index (χ1n) is 5.72. The Morgan fingerprint density at radius 1 is 1.39 bits per heavy atom. The van der Waals surface area contributed by atoms with Crippen molar-refractivity contribution in [3.05, 3.63) is 22.7 Å². The fraction of sp³-hybridized carbons (Fsp3) is 0.556. The second-order valence-electron chi connectivity index (χ2n) is 4.33. The van der Waals surface area contributed by atoms with Crippen molar-refractivity contribution >= 4 is 72.8 Å². The molecule has 0 amide bonds. The van der Waals surface area contributed by atoms with Gasteiger partial charge in [0.25, 0.3) is 0 Å². The third-order valence-corrected chi connectivity index (χ3v) is 3.33. The van der Waals surface area contributed by atoms with Gasteiger partial charge in [0.1, 0.15) is 24.1 Å². The van der Waals surface area contributed by atoms with E-state index in [1.807, 2.05) is 0 Å². The smallest absolute Gasteiger partial charge is 0.351 e. The first-order chi connectivity index (χ1) is 9.69. The molecular weight excluding hydrogens is 355 g/mol. The minimum atomic E-state index is -5.24. The van der Waals surface area contributed by atoms with E-state index in [0.717, 1.165) is 4.57 Å². The van der Waals surface area contributed by atoms with Crippen LogP contribution in [-0.4, -0.2) is 104 Å². The van der Waals surface area contributed by atoms with Gasteiger partial charge in [0.2, 0.25) is 0 Å². The van der Waals surface area contributed by atoms with E-state index in [2.05, 4.69) is 9.51 Å². The largest absolute Gasteiger partial charge is 0.790 e. The number of nitrogen functional groups attached to an aromatic ring is 1. The maximum atomic E-state index is 11.6. The number of phosphoric ester groups is 1. The average molecular weight is 367 g/mol. The number of aliphatic hydroxyl groups is 2. The van der Waals surface area contributed by atoms with Crippen LogP contribution in [0.25, 0.3) is 0 Å². The van der Waals surface area contributed by atoms with Crippen molar-refractivity contribution in [3.63, 3.8) is 0 Å². The molecule has 4 N–H and O–H groups in total. The van der Waals surface area contributed by atoms with E-state index in [-0.39, 0.29) is 64.9 Å². The number of ether oxygens (including phenoxy) is 1. The minimum Gasteiger partial charge on any atom is -0.790 e. The zero-order valence-corrected chi connectivity index (χ0v) is 17.3. The summed E-state index contributed by atoms with van der Waals surface area (Å²) < 4.78 is 20.4. The van der Waals surface area contributed by atoms with Crippen LogP contribution in [0.3, 0.4) is 0 Å². The molecule has 4 atom stereocenters. The standard InChI is InChI=1S/C9H14N3O8P.2Na/c10-5-1-2-12(9(15)11-5)8-7(14)6(13)4(20-8)3-19-21(16,17)18;;/h1-2,4,6-8,13-14H,3H2,(H2,10,11,15)(H2,16,17,18);;/p-2/t4-,6-,7-,8-;;/m1../s1. The van der Waals surface area contributed by atoms with Crippen LogP contribution >= 0.6 is 7.82 Å². The van der Waals surface area contributed by atoms with Gasteiger partial charge in [-0.2, -0.15) is 4.98 Å². The van der Waals surface area contributed by atoms with Crippen molar-refractivity contribution in [2.45, 2.75) is 24.5 Å². The molecule has 0 aromatic carbocycles. The molecule has 1 aliphatic rings. The summed E-state index contributed by atoms with van der Waals surface area (Å²) in [5.41, 5.74) is 4.49. The molecule has 120 valence electrons. The van der Waals surface area contributed by atoms with Crippen molar-refractivity contribution in [1.29, 1.82) is 0 Å². The van der Waals surface area contributed by atoms with Crippen molar-refractivity contribution in [3.8, 4) is 0 Å². The van der Waals surface area contributed by atoms with Crippen molar-refractivity contribution in [1.82, 2.24) is 9.55 Å². The zero-order chi connectivity index (χ0) is 15.8. The number of hydrogen-bond donors (Lipinski definition) is 3. The van der Waals surface area contributed by atoms with Crippen molar-refractivity contribution in [2.75, 3.05) is 12.3 Å². The van der Waals surface area contributed by atoms with Gasteiger partial charge < -0.3 is 39.6 Å². The van der Waals surface area contributed by atoms with Gasteiger partial charge in [-0.3, -0.25) is 4.57 Å². The van der Waals surface area contributed by atoms with Crippen molar-refractivity contribution in [2.24, 2.45) is 0 Å². The first-order valence-corrected chi connectivity index (χ1v) is 7.18. The molecule has 2 rings (SSSR count). The third-order valence-electron chi connectivity index (χ3n) is 2.86. The molecule has 1 aromatic rings. The van der Waals surface area contributed by atoms with Crippen LogP contribution in [0.15, 0.2) is 17.1 Å². The minimum absolute atomic E-state index is 0. The number of anilines is 1. The maximum Gasteiger partial charge on any atom is 0.351 e. The zero-order valence-electron chi connectivity index (χ0n) is 12.4. The summed E-state index contributed by atoms with van der Waals surface area (Å²) in [5, 5.41) is 19.6. The Morgan fingerprint density at radius 3 is 2.52 bits per heavy atom. The van der Waals surface area contributed by atoms with Crippen LogP contribution < -0.4 is 21.2 Å². The Kier molecular flexibility index (Phi) is 9.66. The normalized spacial score (nSPS) is 27.1. The maximum absolute atomic E-state index is 11.6. The molecule has 1 fully saturated rings. The Balaban J connectivity index is 0.00000242. The second kappa shape index (κ2) is 9.39. The molecule has 1 aromatic heterocycles. The van der Waals surface area contributed by atoms with Gasteiger partial charge in [-0.25, -0.2) is 4.79 Å². The number of phosphoric acid groups is 1. The van der Waals surface area contributed by atoms with Gasteiger partial charge in [0, 0.05) is 65.3 Å². The molecule has 2 heterocycles. The fourth-order valence-corrected chi connectivity index (χ4v) is 2.21. The molecule has 14 heteroatoms. The number of nitrogens with zero attached hydrogens (tertiary/aromatic N) is 2. The van der Waals surface area contributed by atoms with Crippen LogP contribution in [-0.2, 0) is 13.8 Å². The summed E-state index contributed by atoms with van der Waals surface area (Å²) in [6, 6.07) is 1.27. The molecule has 2 radical (unpaired) electrons. The van der Waals surface area contributed by atoms with Gasteiger partial charge in [-0.1, -0.05) is 0 Å². The number of rotatable bonds is 4. The predicted octanol–water partition coefficient (Wildman–Crippen LogP) is -4.47. The summed E-state index contributed by atoms with van der Waals surface area (Å²) in [6.45, 7) is -0.782. The molecule has 1 aliphatic heterocycles. The van der Waals surface area contributed by atoms with Gasteiger partial charge in [-0.15, -0.1) is 0 Å². The summed E-state index contributed by atoms with van der Waals surface area (Å²) in [7, 11) is -5.24. The Bertz CT molecular complexity index is 625. The topological polar surface area (TPSA) is 183 Å². The Morgan fingerprint density at radius 2 is 2.00 bits per heavy atom. The summed E-state index contributed by atoms with van der Waals surface area (Å²) in [6.07, 6.45) is -4.51. The fourth-order valence-electron chi connectivity index (χ4n) is 1.88. The summed E-state index contributed by atoms with van der Waals surface area (Å²) in [5.74, 6) is -0.0391. The van der Waals surface area contributed by atoms with Crippen LogP contribution in [0, 0.1) is 0 Å². The molecule has 0 aliphatic carbocycles. The second-order valence-corrected chi connectivity index (χ2v) is 5.48. The van der Waals surface area contributed by atoms with Crippen LogP contribution in [0.4, 0.5) is 5.82 Å². The number of aliphatic hydroxyl groups excluding tert-OH is 2. The van der Waals surface area contributed by atoms with E-state index in [1.165, 1.54) is 12.3 Å². The van der Waals surface area contributed by atoms with Gasteiger partial charge in [-0.05, 0) is 6.07 Å². The first kappa shape index (κ1) is 23.7. The number of hydrogen-bond acceptors (Lipinski definition) is 10. The third kappa shape index (κ3) is 6.15. The number of nitrogens with two attached hydrogens (primary N) is 1. The molecule has 23 heavy (non-hydrogen) atoms. The van der Waals surface area contributed by atoms with E-state index in [4.69, 9.17) is 10.5 Å². The molecule has 1 saturated heterocycles. The molecule has 0 bridgehead atoms. The predicted molar refractivity (Wildman–Crippen MR) is 73.9 cm³/mol. The van der Waals surface area contributed by atoms with E-state index in [9.17, 15) is 29.4 Å². The SMILES string of the molecule is Nc1ccn([C@@H]2O[C@H](COP(=O)([O-])[O-])[C@@H](O)[C@H]2O)c(=O)n1.[Na].[Na]. The van der Waals surface area contributed by atoms with E-state index in [1.54, 1.807) is 0 Å². The van der Waals surface area contributed by atoms with E-state index in [0.29, 0.717) is 0 Å².